The number of hydrogen-bond acceptors (Lipinski definition) is 4. The number of nitrogens with one attached hydrogen (secondary N) is 1. The maximum atomic E-state index is 9.52. The van der Waals surface area contributed by atoms with Gasteiger partial charge in [-0.1, -0.05) is 11.6 Å². The second kappa shape index (κ2) is 5.35. The summed E-state index contributed by atoms with van der Waals surface area (Å²) in [6, 6.07) is 0. The van der Waals surface area contributed by atoms with Crippen LogP contribution in [0.3, 0.4) is 0 Å². The van der Waals surface area contributed by atoms with E-state index in [1.165, 1.54) is 0 Å². The van der Waals surface area contributed by atoms with Crippen LogP contribution in [-0.2, 0) is 18.3 Å². The van der Waals surface area contributed by atoms with Crippen molar-refractivity contribution in [2.45, 2.75) is 24.9 Å². The maximum Gasteiger partial charge on any atom is 0.128 e. The number of ether oxygens (including phenoxy) is 1. The molecule has 0 bridgehead atoms. The lowest BCUT2D eigenvalue weighted by molar-refractivity contribution is 0.0108. The minimum atomic E-state index is -0.239. The molecule has 0 radical (unpaired) electrons. The van der Waals surface area contributed by atoms with E-state index >= 15 is 0 Å². The molecule has 96 valence electrons. The molecule has 5 nitrogen and oxygen atoms in total. The van der Waals surface area contributed by atoms with Crippen LogP contribution in [0.25, 0.3) is 0 Å². The van der Waals surface area contributed by atoms with Gasteiger partial charge in [0.25, 0.3) is 0 Å². The third kappa shape index (κ3) is 2.80. The minimum absolute atomic E-state index is 0.120. The van der Waals surface area contributed by atoms with Gasteiger partial charge in [-0.25, -0.2) is 4.98 Å². The molecule has 1 aromatic heterocycles. The van der Waals surface area contributed by atoms with Gasteiger partial charge in [0.15, 0.2) is 0 Å². The third-order valence-corrected chi connectivity index (χ3v) is 3.75. The highest BCUT2D eigenvalue weighted by atomic mass is 35.5. The zero-order valence-corrected chi connectivity index (χ0v) is 10.7. The van der Waals surface area contributed by atoms with Crippen LogP contribution in [-0.4, -0.2) is 40.0 Å². The summed E-state index contributed by atoms with van der Waals surface area (Å²) in [5.74, 6) is 0.870. The third-order valence-electron chi connectivity index (χ3n) is 3.40. The van der Waals surface area contributed by atoms with Crippen molar-refractivity contribution in [1.82, 2.24) is 14.9 Å². The quantitative estimate of drug-likeness (QED) is 0.836. The van der Waals surface area contributed by atoms with E-state index in [1.807, 2.05) is 11.6 Å². The molecule has 1 aliphatic rings. The van der Waals surface area contributed by atoms with E-state index in [9.17, 15) is 5.11 Å². The molecule has 1 aromatic rings. The molecule has 0 spiro atoms. The number of aliphatic hydroxyl groups is 1. The summed E-state index contributed by atoms with van der Waals surface area (Å²) in [4.78, 5) is 4.22. The first-order valence-electron chi connectivity index (χ1n) is 5.77. The Morgan fingerprint density at radius 1 is 1.59 bits per heavy atom. The van der Waals surface area contributed by atoms with Crippen LogP contribution in [0.4, 0.5) is 0 Å². The summed E-state index contributed by atoms with van der Waals surface area (Å²) in [5.41, 5.74) is -0.239. The highest BCUT2D eigenvalue weighted by molar-refractivity contribution is 6.29. The number of aromatic nitrogens is 2. The van der Waals surface area contributed by atoms with Crippen molar-refractivity contribution < 1.29 is 9.84 Å². The molecule has 0 amide bonds. The number of halogens is 1. The van der Waals surface area contributed by atoms with Crippen LogP contribution in [0, 0.1) is 0 Å². The zero-order valence-electron chi connectivity index (χ0n) is 9.95. The summed E-state index contributed by atoms with van der Waals surface area (Å²) in [6.45, 7) is 2.10. The Labute approximate surface area is 106 Å². The zero-order chi connectivity index (χ0) is 12.3. The van der Waals surface area contributed by atoms with Crippen LogP contribution in [0.15, 0.2) is 6.20 Å². The molecule has 2 rings (SSSR count). The summed E-state index contributed by atoms with van der Waals surface area (Å²) in [5, 5.41) is 13.5. The predicted molar refractivity (Wildman–Crippen MR) is 64.9 cm³/mol. The Morgan fingerprint density at radius 3 is 2.82 bits per heavy atom. The number of rotatable bonds is 4. The Hall–Kier alpha value is -0.620. The van der Waals surface area contributed by atoms with Gasteiger partial charge < -0.3 is 19.7 Å². The van der Waals surface area contributed by atoms with Crippen LogP contribution >= 0.6 is 11.6 Å². The molecule has 2 N–H and O–H groups in total. The molecule has 1 aliphatic heterocycles. The van der Waals surface area contributed by atoms with Crippen LogP contribution in [0.2, 0.25) is 5.15 Å². The molecule has 0 aliphatic carbocycles. The first kappa shape index (κ1) is 12.8. The lowest BCUT2D eigenvalue weighted by Gasteiger charge is -2.36. The van der Waals surface area contributed by atoms with Gasteiger partial charge in [0.2, 0.25) is 0 Å². The second-order valence-electron chi connectivity index (χ2n) is 4.46. The fraction of sp³-hybridized carbons (Fsp3) is 0.727. The molecule has 17 heavy (non-hydrogen) atoms. The summed E-state index contributed by atoms with van der Waals surface area (Å²) in [6.07, 6.45) is 3.28. The van der Waals surface area contributed by atoms with Crippen LogP contribution in [0.5, 0.6) is 0 Å². The molecule has 1 saturated heterocycles. The smallest absolute Gasteiger partial charge is 0.128 e. The Balaban J connectivity index is 1.98. The van der Waals surface area contributed by atoms with Gasteiger partial charge in [0.05, 0.1) is 19.3 Å². The number of hydrogen-bond donors (Lipinski definition) is 2. The largest absolute Gasteiger partial charge is 0.394 e. The van der Waals surface area contributed by atoms with Gasteiger partial charge in [-0.15, -0.1) is 0 Å². The van der Waals surface area contributed by atoms with Crippen molar-refractivity contribution in [3.63, 3.8) is 0 Å². The summed E-state index contributed by atoms with van der Waals surface area (Å²) in [7, 11) is 1.88. The van der Waals surface area contributed by atoms with Crippen molar-refractivity contribution in [1.29, 1.82) is 0 Å². The Bertz CT molecular complexity index is 375. The Morgan fingerprint density at radius 2 is 2.29 bits per heavy atom. The number of nitrogens with zero attached hydrogens (tertiary/aromatic N) is 2. The first-order valence-corrected chi connectivity index (χ1v) is 6.14. The average molecular weight is 260 g/mol. The van der Waals surface area contributed by atoms with Crippen molar-refractivity contribution in [3.8, 4) is 0 Å². The van der Waals surface area contributed by atoms with Gasteiger partial charge in [0, 0.05) is 25.8 Å². The standard InChI is InChI=1S/C11H18ClN3O2/c1-15-9(12)6-13-10(15)7-14-11(8-16)2-4-17-5-3-11/h6,14,16H,2-5,7-8H2,1H3. The molecule has 2 heterocycles. The highest BCUT2D eigenvalue weighted by Gasteiger charge is 2.31. The fourth-order valence-corrected chi connectivity index (χ4v) is 2.15. The predicted octanol–water partition coefficient (Wildman–Crippen LogP) is 0.705. The summed E-state index contributed by atoms with van der Waals surface area (Å²) < 4.78 is 7.15. The molecule has 1 fully saturated rings. The van der Waals surface area contributed by atoms with E-state index in [0.717, 1.165) is 18.7 Å². The van der Waals surface area contributed by atoms with Crippen molar-refractivity contribution in [2.75, 3.05) is 19.8 Å². The van der Waals surface area contributed by atoms with Gasteiger partial charge in [0.1, 0.15) is 11.0 Å². The van der Waals surface area contributed by atoms with Gasteiger partial charge >= 0.3 is 0 Å². The lowest BCUT2D eigenvalue weighted by atomic mass is 9.91. The second-order valence-corrected chi connectivity index (χ2v) is 4.85. The number of imidazole rings is 1. The van der Waals surface area contributed by atoms with E-state index in [0.29, 0.717) is 24.9 Å². The summed E-state index contributed by atoms with van der Waals surface area (Å²) >= 11 is 5.92. The first-order chi connectivity index (χ1) is 8.17. The average Bonchev–Trinajstić information content (AvgIpc) is 2.69. The van der Waals surface area contributed by atoms with Gasteiger partial charge in [-0.3, -0.25) is 0 Å². The Kier molecular flexibility index (Phi) is 4.04. The molecular weight excluding hydrogens is 242 g/mol. The normalized spacial score (nSPS) is 19.5. The lowest BCUT2D eigenvalue weighted by Crippen LogP contribution is -2.52. The molecule has 0 unspecified atom stereocenters. The topological polar surface area (TPSA) is 59.3 Å². The number of aliphatic hydroxyl groups excluding tert-OH is 1. The SMILES string of the molecule is Cn1c(Cl)cnc1CNC1(CO)CCOCC1. The van der Waals surface area contributed by atoms with Crippen molar-refractivity contribution >= 4 is 11.6 Å². The van der Waals surface area contributed by atoms with E-state index in [2.05, 4.69) is 10.3 Å². The van der Waals surface area contributed by atoms with Crippen molar-refractivity contribution in [2.24, 2.45) is 7.05 Å². The molecule has 6 heteroatoms. The molecule has 0 aromatic carbocycles. The molecular formula is C11H18ClN3O2. The van der Waals surface area contributed by atoms with E-state index < -0.39 is 0 Å². The molecule has 0 atom stereocenters. The van der Waals surface area contributed by atoms with Crippen LogP contribution in [0.1, 0.15) is 18.7 Å². The minimum Gasteiger partial charge on any atom is -0.394 e. The van der Waals surface area contributed by atoms with Crippen LogP contribution < -0.4 is 5.32 Å². The van der Waals surface area contributed by atoms with E-state index in [4.69, 9.17) is 16.3 Å². The fourth-order valence-electron chi connectivity index (χ4n) is 2.01. The van der Waals surface area contributed by atoms with E-state index in [-0.39, 0.29) is 12.1 Å². The maximum absolute atomic E-state index is 9.52. The monoisotopic (exact) mass is 259 g/mol. The van der Waals surface area contributed by atoms with Gasteiger partial charge in [-0.05, 0) is 12.8 Å². The van der Waals surface area contributed by atoms with Gasteiger partial charge in [-0.2, -0.15) is 0 Å². The van der Waals surface area contributed by atoms with Crippen molar-refractivity contribution in [3.05, 3.63) is 17.2 Å². The molecule has 0 saturated carbocycles. The highest BCUT2D eigenvalue weighted by Crippen LogP contribution is 2.20. The van der Waals surface area contributed by atoms with E-state index in [1.54, 1.807) is 6.20 Å².